The van der Waals surface area contributed by atoms with Crippen molar-refractivity contribution in [2.45, 2.75) is 18.5 Å². The molecule has 0 radical (unpaired) electrons. The van der Waals surface area contributed by atoms with Crippen LogP contribution in [-0.2, 0) is 9.59 Å². The lowest BCUT2D eigenvalue weighted by Gasteiger charge is -2.22. The minimum Gasteiger partial charge on any atom is -0.480 e. The summed E-state index contributed by atoms with van der Waals surface area (Å²) in [5, 5.41) is 12.2. The molecule has 9 heteroatoms. The number of aliphatic carboxylic acids is 1. The Morgan fingerprint density at radius 1 is 1.10 bits per heavy atom. The molecule has 30 heavy (non-hydrogen) atoms. The van der Waals surface area contributed by atoms with Crippen molar-refractivity contribution in [2.24, 2.45) is 0 Å². The summed E-state index contributed by atoms with van der Waals surface area (Å²) >= 11 is 1.46. The van der Waals surface area contributed by atoms with E-state index in [2.05, 4.69) is 10.3 Å². The molecule has 3 rings (SSSR count). The minimum absolute atomic E-state index is 0.215. The first-order valence-corrected chi connectivity index (χ1v) is 10.6. The predicted octanol–water partition coefficient (Wildman–Crippen LogP) is 1.60. The number of carbonyl (C=O) groups excluding carboxylic acids is 1. The predicted molar refractivity (Wildman–Crippen MR) is 116 cm³/mol. The van der Waals surface area contributed by atoms with Crippen LogP contribution in [0.2, 0.25) is 0 Å². The van der Waals surface area contributed by atoms with E-state index in [0.29, 0.717) is 16.8 Å². The number of hydrogen-bond acceptors (Lipinski definition) is 5. The van der Waals surface area contributed by atoms with Crippen LogP contribution in [0, 0.1) is 0 Å². The van der Waals surface area contributed by atoms with Crippen molar-refractivity contribution in [3.63, 3.8) is 0 Å². The Hall–Kier alpha value is -3.33. The summed E-state index contributed by atoms with van der Waals surface area (Å²) in [6, 6.07) is 12.4. The fraction of sp³-hybridized carbons (Fsp3) is 0.238. The van der Waals surface area contributed by atoms with Gasteiger partial charge in [-0.1, -0.05) is 42.5 Å². The monoisotopic (exact) mass is 427 g/mol. The quantitative estimate of drug-likeness (QED) is 0.502. The molecule has 0 aliphatic carbocycles. The number of carbonyl (C=O) groups is 2. The van der Waals surface area contributed by atoms with Gasteiger partial charge in [-0.2, -0.15) is 11.8 Å². The van der Waals surface area contributed by atoms with Gasteiger partial charge < -0.3 is 15.4 Å². The minimum atomic E-state index is -1.32. The van der Waals surface area contributed by atoms with Crippen LogP contribution in [0.3, 0.4) is 0 Å². The lowest BCUT2D eigenvalue weighted by molar-refractivity contribution is -0.142. The van der Waals surface area contributed by atoms with Crippen LogP contribution in [0.25, 0.3) is 10.9 Å². The normalized spacial score (nSPS) is 13.0. The first-order valence-electron chi connectivity index (χ1n) is 9.24. The van der Waals surface area contributed by atoms with Gasteiger partial charge >= 0.3 is 11.7 Å². The molecule has 2 atom stereocenters. The van der Waals surface area contributed by atoms with Gasteiger partial charge in [-0.3, -0.25) is 9.59 Å². The molecule has 156 valence electrons. The van der Waals surface area contributed by atoms with Gasteiger partial charge in [0.2, 0.25) is 5.91 Å². The Bertz CT molecular complexity index is 1170. The number of amides is 1. The van der Waals surface area contributed by atoms with Crippen molar-refractivity contribution < 1.29 is 14.7 Å². The summed E-state index contributed by atoms with van der Waals surface area (Å²) in [5.41, 5.74) is -0.626. The molecule has 2 unspecified atom stereocenters. The SMILES string of the molecule is CSCCC(NC(=O)C(c1ccccc1)n1c(=O)[nH]c2ccccc2c1=O)C(=O)O. The van der Waals surface area contributed by atoms with E-state index in [4.69, 9.17) is 0 Å². The average Bonchev–Trinajstić information content (AvgIpc) is 2.74. The molecule has 0 fully saturated rings. The van der Waals surface area contributed by atoms with Crippen LogP contribution in [0.15, 0.2) is 64.2 Å². The number of carboxylic acids is 1. The molecule has 1 aromatic heterocycles. The molecule has 8 nitrogen and oxygen atoms in total. The lowest BCUT2D eigenvalue weighted by atomic mass is 10.0. The Balaban J connectivity index is 2.12. The third kappa shape index (κ3) is 4.46. The Morgan fingerprint density at radius 3 is 2.43 bits per heavy atom. The summed E-state index contributed by atoms with van der Waals surface area (Å²) in [5.74, 6) is -1.38. The van der Waals surface area contributed by atoms with E-state index >= 15 is 0 Å². The lowest BCUT2D eigenvalue weighted by Crippen LogP contribution is -2.49. The van der Waals surface area contributed by atoms with Crippen molar-refractivity contribution >= 4 is 34.5 Å². The zero-order chi connectivity index (χ0) is 21.7. The van der Waals surface area contributed by atoms with E-state index in [0.717, 1.165) is 4.57 Å². The van der Waals surface area contributed by atoms with Gasteiger partial charge in [0, 0.05) is 0 Å². The number of aromatic nitrogens is 2. The van der Waals surface area contributed by atoms with Gasteiger partial charge in [0.25, 0.3) is 5.56 Å². The van der Waals surface area contributed by atoms with Crippen molar-refractivity contribution in [3.05, 3.63) is 81.0 Å². The number of aromatic amines is 1. The second-order valence-corrected chi connectivity index (χ2v) is 7.63. The maximum Gasteiger partial charge on any atom is 0.329 e. The molecule has 0 saturated heterocycles. The maximum absolute atomic E-state index is 13.2. The zero-order valence-electron chi connectivity index (χ0n) is 16.2. The van der Waals surface area contributed by atoms with E-state index in [-0.39, 0.29) is 11.8 Å². The van der Waals surface area contributed by atoms with Crippen LogP contribution in [0.5, 0.6) is 0 Å². The van der Waals surface area contributed by atoms with Gasteiger partial charge in [-0.15, -0.1) is 0 Å². The van der Waals surface area contributed by atoms with Gasteiger partial charge in [-0.05, 0) is 36.1 Å². The molecule has 3 aromatic rings. The van der Waals surface area contributed by atoms with E-state index in [9.17, 15) is 24.3 Å². The van der Waals surface area contributed by atoms with Crippen LogP contribution in [-0.4, -0.2) is 44.6 Å². The van der Waals surface area contributed by atoms with Gasteiger partial charge in [0.05, 0.1) is 10.9 Å². The van der Waals surface area contributed by atoms with E-state index in [1.807, 2.05) is 6.26 Å². The van der Waals surface area contributed by atoms with Gasteiger partial charge in [0.15, 0.2) is 0 Å². The number of hydrogen-bond donors (Lipinski definition) is 3. The molecular formula is C21H21N3O5S. The number of benzene rings is 2. The summed E-state index contributed by atoms with van der Waals surface area (Å²) < 4.78 is 0.834. The number of nitrogens with one attached hydrogen (secondary N) is 2. The van der Waals surface area contributed by atoms with Crippen LogP contribution in [0.1, 0.15) is 18.0 Å². The molecule has 0 aliphatic heterocycles. The smallest absolute Gasteiger partial charge is 0.329 e. The number of rotatable bonds is 8. The molecule has 1 amide bonds. The second kappa shape index (κ2) is 9.45. The van der Waals surface area contributed by atoms with Crippen LogP contribution >= 0.6 is 11.8 Å². The highest BCUT2D eigenvalue weighted by Gasteiger charge is 2.30. The summed E-state index contributed by atoms with van der Waals surface area (Å²) in [7, 11) is 0. The van der Waals surface area contributed by atoms with Crippen molar-refractivity contribution in [1.82, 2.24) is 14.9 Å². The largest absolute Gasteiger partial charge is 0.480 e. The molecule has 2 aromatic carbocycles. The second-order valence-electron chi connectivity index (χ2n) is 6.64. The molecule has 0 spiro atoms. The number of para-hydroxylation sites is 1. The maximum atomic E-state index is 13.2. The van der Waals surface area contributed by atoms with Crippen LogP contribution < -0.4 is 16.6 Å². The number of nitrogens with zero attached hydrogens (tertiary/aromatic N) is 1. The molecule has 0 aliphatic rings. The molecule has 0 bridgehead atoms. The number of fused-ring (bicyclic) bond motifs is 1. The number of H-pyrrole nitrogens is 1. The molecule has 0 saturated carbocycles. The van der Waals surface area contributed by atoms with Crippen LogP contribution in [0.4, 0.5) is 0 Å². The average molecular weight is 427 g/mol. The Kier molecular flexibility index (Phi) is 6.73. The molecule has 3 N–H and O–H groups in total. The van der Waals surface area contributed by atoms with Gasteiger partial charge in [0.1, 0.15) is 12.1 Å². The van der Waals surface area contributed by atoms with E-state index in [1.165, 1.54) is 11.8 Å². The highest BCUT2D eigenvalue weighted by molar-refractivity contribution is 7.98. The van der Waals surface area contributed by atoms with Gasteiger partial charge in [-0.25, -0.2) is 14.2 Å². The highest BCUT2D eigenvalue weighted by Crippen LogP contribution is 2.17. The van der Waals surface area contributed by atoms with Crippen molar-refractivity contribution in [2.75, 3.05) is 12.0 Å². The van der Waals surface area contributed by atoms with E-state index in [1.54, 1.807) is 54.6 Å². The summed E-state index contributed by atoms with van der Waals surface area (Å²) in [6.45, 7) is 0. The first kappa shape index (κ1) is 21.4. The summed E-state index contributed by atoms with van der Waals surface area (Å²) in [4.78, 5) is 53.3. The summed E-state index contributed by atoms with van der Waals surface area (Å²) in [6.07, 6.45) is 2.05. The third-order valence-corrected chi connectivity index (χ3v) is 5.33. The number of carboxylic acid groups (broad SMARTS) is 1. The first-order chi connectivity index (χ1) is 14.4. The molecular weight excluding hydrogens is 406 g/mol. The molecule has 1 heterocycles. The topological polar surface area (TPSA) is 121 Å². The fourth-order valence-electron chi connectivity index (χ4n) is 3.21. The highest BCUT2D eigenvalue weighted by atomic mass is 32.2. The standard InChI is InChI=1S/C21H21N3O5S/c1-30-12-11-16(20(27)28)22-18(25)17(13-7-3-2-4-8-13)24-19(26)14-9-5-6-10-15(14)23-21(24)29/h2-10,16-17H,11-12H2,1H3,(H,22,25)(H,23,29)(H,27,28). The Morgan fingerprint density at radius 2 is 1.77 bits per heavy atom. The third-order valence-electron chi connectivity index (χ3n) is 4.68. The van der Waals surface area contributed by atoms with E-state index < -0.39 is 35.2 Å². The number of thioether (sulfide) groups is 1. The van der Waals surface area contributed by atoms with Crippen molar-refractivity contribution in [1.29, 1.82) is 0 Å². The zero-order valence-corrected chi connectivity index (χ0v) is 17.0. The van der Waals surface area contributed by atoms with Crippen molar-refractivity contribution in [3.8, 4) is 0 Å². The fourth-order valence-corrected chi connectivity index (χ4v) is 3.68. The Labute approximate surface area is 175 Å².